The Morgan fingerprint density at radius 3 is 1.16 bits per heavy atom. The molecule has 3 saturated heterocycles. The van der Waals surface area contributed by atoms with Crippen molar-refractivity contribution in [2.24, 2.45) is 10.8 Å². The van der Waals surface area contributed by atoms with E-state index in [2.05, 4.69) is 162 Å². The van der Waals surface area contributed by atoms with Crippen molar-refractivity contribution in [1.29, 1.82) is 0 Å². The van der Waals surface area contributed by atoms with E-state index in [1.165, 1.54) is 86.5 Å². The van der Waals surface area contributed by atoms with Gasteiger partial charge >= 0.3 is 0 Å². The maximum atomic E-state index is 13.9. The van der Waals surface area contributed by atoms with Crippen molar-refractivity contribution >= 4 is 34.3 Å². The van der Waals surface area contributed by atoms with E-state index in [0.29, 0.717) is 45.5 Å². The number of halogens is 8. The predicted octanol–water partition coefficient (Wildman–Crippen LogP) is 22.0. The summed E-state index contributed by atoms with van der Waals surface area (Å²) in [5, 5.41) is 22.1. The van der Waals surface area contributed by atoms with E-state index in [4.69, 9.17) is 5.11 Å². The van der Waals surface area contributed by atoms with E-state index in [0.717, 1.165) is 146 Å². The second-order valence-corrected chi connectivity index (χ2v) is 41.5. The molecule has 4 aliphatic rings. The van der Waals surface area contributed by atoms with Crippen LogP contribution in [0.4, 0.5) is 69.4 Å². The summed E-state index contributed by atoms with van der Waals surface area (Å²) in [6, 6.07) is 31.1. The van der Waals surface area contributed by atoms with Gasteiger partial charge in [-0.05, 0) is 231 Å². The molecule has 5 N–H and O–H groups in total. The Morgan fingerprint density at radius 2 is 0.778 bits per heavy atom. The average molecular weight is 1760 g/mol. The van der Waals surface area contributed by atoms with Gasteiger partial charge < -0.3 is 59.7 Å². The summed E-state index contributed by atoms with van der Waals surface area (Å²) in [6.45, 7) is 59.6. The monoisotopic (exact) mass is 1760 g/mol. The number of nitrogens with zero attached hydrogens (tertiary/aromatic N) is 14. The fourth-order valence-corrected chi connectivity index (χ4v) is 14.6. The number of β-amino-alcohol motifs (C(OH)–C–C–N with tert-alkyl or cyclic N) is 1. The molecular weight excluding hydrogens is 1610 g/mol. The van der Waals surface area contributed by atoms with Crippen LogP contribution >= 0.6 is 0 Å². The molecule has 3 aliphatic heterocycles. The van der Waals surface area contributed by atoms with Crippen molar-refractivity contribution in [3.8, 4) is 17.1 Å². The van der Waals surface area contributed by atoms with Gasteiger partial charge in [0.2, 0.25) is 0 Å². The van der Waals surface area contributed by atoms with Crippen LogP contribution in [0.5, 0.6) is 0 Å². The van der Waals surface area contributed by atoms with Crippen molar-refractivity contribution in [2.45, 2.75) is 250 Å². The maximum Gasteiger partial charge on any atom is 0.270 e. The highest BCUT2D eigenvalue weighted by atomic mass is 19.3. The van der Waals surface area contributed by atoms with Crippen LogP contribution in [0, 0.1) is 24.7 Å². The van der Waals surface area contributed by atoms with Crippen molar-refractivity contribution < 1.29 is 40.2 Å². The number of imidazole rings is 3. The standard InChI is InChI=1S/C18H23F2N3.C17H27F2N3.C17H28N2.C16H21F2N3.C16H28N4O.C15H19F2N3/c1-17(2,3)22-14-7-13(18(4,19)20)8-15(9-14)23-10-16(21-11-23)12-5-6-12;1-16(2,3)20-14-10-13(17(4,18)19)11-15(12-14)22-8-6-21(5)7-9-22;1-17(2,3)13-15-5-7-16(8-6-15)14-19-11-9-18(4)10-12-19;1-11-9-21(10-19-11)14-7-12(16(5,17)18)6-13(8-14)20-15(2,3)4;1-13-17-14(12-16(2,3)4)11-15(18-13)20-7-5-19(6-8-20)9-10-21;1-14(2,3)19-12-7-11(15(4,16)17)8-13(9-12)20-6-5-18-10-20/h7-12,22H,5-6H2,1-4H3;10-12,20H,6-9H2,1-5H3;5-8H,9-14H2,1-4H3;6-10,20H,1-5H3;11,21H,5-10,12H2,1-4H3;5-10,19H,1-4H3. The number of hydrogen-bond acceptors (Lipinski definition) is 16. The predicted molar refractivity (Wildman–Crippen MR) is 503 cm³/mol. The number of aryl methyl sites for hydroxylation is 2. The van der Waals surface area contributed by atoms with Crippen LogP contribution in [0.15, 0.2) is 147 Å². The Kier molecular flexibility index (Phi) is 34.4. The molecule has 1 saturated carbocycles. The van der Waals surface area contributed by atoms with Crippen LogP contribution in [0.2, 0.25) is 0 Å². The van der Waals surface area contributed by atoms with E-state index in [9.17, 15) is 35.1 Å². The Hall–Kier alpha value is -9.15. The van der Waals surface area contributed by atoms with Crippen molar-refractivity contribution in [2.75, 3.05) is 137 Å². The molecule has 4 fully saturated rings. The fraction of sp³-hybridized carbons (Fsp3) is 0.566. The molecule has 0 atom stereocenters. The number of likely N-dealkylation sites (N-methyl/N-ethyl adjacent to an activating group) is 2. The number of hydrogen-bond donors (Lipinski definition) is 5. The molecule has 126 heavy (non-hydrogen) atoms. The summed E-state index contributed by atoms with van der Waals surface area (Å²) >= 11 is 0. The third-order valence-corrected chi connectivity index (χ3v) is 20.8. The molecule has 4 aromatic heterocycles. The molecule has 9 aromatic rings. The van der Waals surface area contributed by atoms with Gasteiger partial charge in [-0.15, -0.1) is 0 Å². The van der Waals surface area contributed by atoms with Crippen LogP contribution in [-0.2, 0) is 43.1 Å². The largest absolute Gasteiger partial charge is 0.395 e. The summed E-state index contributed by atoms with van der Waals surface area (Å²) in [4.78, 5) is 35.7. The van der Waals surface area contributed by atoms with E-state index in [1.807, 2.05) is 138 Å². The highest BCUT2D eigenvalue weighted by molar-refractivity contribution is 5.63. The smallest absolute Gasteiger partial charge is 0.270 e. The number of nitrogens with one attached hydrogen (secondary N) is 4. The molecule has 0 radical (unpaired) electrons. The summed E-state index contributed by atoms with van der Waals surface area (Å²) in [5.41, 5.74) is 11.5. The minimum absolute atomic E-state index is 0.00317. The van der Waals surface area contributed by atoms with E-state index in [1.54, 1.807) is 52.6 Å². The minimum atomic E-state index is -2.89. The Morgan fingerprint density at radius 1 is 0.397 bits per heavy atom. The van der Waals surface area contributed by atoms with Crippen LogP contribution in [0.1, 0.15) is 227 Å². The summed E-state index contributed by atoms with van der Waals surface area (Å²) < 4.78 is 115. The molecule has 7 heterocycles. The first-order valence-corrected chi connectivity index (χ1v) is 44.3. The summed E-state index contributed by atoms with van der Waals surface area (Å²) in [5.74, 6) is -9.06. The summed E-state index contributed by atoms with van der Waals surface area (Å²) in [7, 11) is 4.29. The Bertz CT molecular complexity index is 4840. The number of alkyl halides is 8. The lowest BCUT2D eigenvalue weighted by atomic mass is 9.88. The molecule has 694 valence electrons. The number of aromatic nitrogens is 8. The molecule has 5 aromatic carbocycles. The van der Waals surface area contributed by atoms with Gasteiger partial charge in [0.15, 0.2) is 0 Å². The van der Waals surface area contributed by atoms with Gasteiger partial charge in [0.05, 0.1) is 37.0 Å². The lowest BCUT2D eigenvalue weighted by Gasteiger charge is -2.35. The maximum absolute atomic E-state index is 13.9. The first-order chi connectivity index (χ1) is 58.1. The van der Waals surface area contributed by atoms with Gasteiger partial charge in [-0.3, -0.25) is 9.80 Å². The molecule has 0 spiro atoms. The zero-order chi connectivity index (χ0) is 93.5. The number of aliphatic hydroxyl groups is 1. The highest BCUT2D eigenvalue weighted by Gasteiger charge is 2.33. The van der Waals surface area contributed by atoms with Gasteiger partial charge in [-0.2, -0.15) is 0 Å². The van der Waals surface area contributed by atoms with Crippen molar-refractivity contribution in [3.63, 3.8) is 0 Å². The third kappa shape index (κ3) is 35.8. The first-order valence-electron chi connectivity index (χ1n) is 44.3. The Balaban J connectivity index is 0.000000187. The lowest BCUT2D eigenvalue weighted by molar-refractivity contribution is 0.0168. The van der Waals surface area contributed by atoms with Crippen molar-refractivity contribution in [1.82, 2.24) is 58.2 Å². The summed E-state index contributed by atoms with van der Waals surface area (Å²) in [6.07, 6.45) is 16.5. The van der Waals surface area contributed by atoms with Gasteiger partial charge in [0.25, 0.3) is 23.7 Å². The molecule has 13 rings (SSSR count). The fourth-order valence-electron chi connectivity index (χ4n) is 14.6. The molecule has 27 heteroatoms. The number of piperazine rings is 3. The van der Waals surface area contributed by atoms with Crippen LogP contribution < -0.4 is 31.1 Å². The number of aliphatic hydroxyl groups excluding tert-OH is 1. The number of benzene rings is 5. The van der Waals surface area contributed by atoms with Crippen molar-refractivity contribution in [3.05, 3.63) is 203 Å². The molecule has 1 aliphatic carbocycles. The molecule has 0 unspecified atom stereocenters. The minimum Gasteiger partial charge on any atom is -0.395 e. The highest BCUT2D eigenvalue weighted by Crippen LogP contribution is 2.41. The molecule has 19 nitrogen and oxygen atoms in total. The second kappa shape index (κ2) is 42.4. The average Bonchev–Trinajstić information content (AvgIpc) is 1.06. The lowest BCUT2D eigenvalue weighted by Crippen LogP contribution is -2.47. The quantitative estimate of drug-likeness (QED) is 0.0457. The van der Waals surface area contributed by atoms with Gasteiger partial charge in [0, 0.05) is 252 Å². The number of rotatable bonds is 20. The van der Waals surface area contributed by atoms with Crippen LogP contribution in [-0.4, -0.2) is 191 Å². The normalized spacial score (nSPS) is 15.7. The van der Waals surface area contributed by atoms with Gasteiger partial charge in [-0.1, -0.05) is 65.8 Å². The molecule has 0 amide bonds. The van der Waals surface area contributed by atoms with E-state index < -0.39 is 23.7 Å². The second-order valence-electron chi connectivity index (χ2n) is 41.5. The van der Waals surface area contributed by atoms with Gasteiger partial charge in [-0.25, -0.2) is 60.0 Å². The number of anilines is 6. The molecule has 0 bridgehead atoms. The van der Waals surface area contributed by atoms with E-state index >= 15 is 0 Å². The van der Waals surface area contributed by atoms with E-state index in [-0.39, 0.29) is 56.4 Å². The SMILES string of the molecule is CC(C)(C)Nc1cc(-n2ccnc2)cc(C(C)(F)F)c1.CC(C)(C)Nc1cc(-n2cnc(C3CC3)c2)cc(C(C)(F)F)c1.CN1CCN(Cc2ccc(CC(C)(C)C)cc2)CC1.CN1CCN(c2cc(NC(C)(C)C)cc(C(C)(F)F)c2)CC1.Cc1cn(-c2cc(NC(C)(C)C)cc(C(C)(F)F)c2)cn1.Cc1nc(CC(C)(C)C)cc(N2CCN(CCO)CC2)n1. The topological polar surface area (TPSA) is 167 Å². The Labute approximate surface area is 747 Å². The molecular formula is C99H146F8N18O. The first kappa shape index (κ1) is 102. The third-order valence-electron chi connectivity index (χ3n) is 20.8. The van der Waals surface area contributed by atoms with Crippen LogP contribution in [0.25, 0.3) is 17.1 Å². The zero-order valence-electron chi connectivity index (χ0n) is 80.1. The van der Waals surface area contributed by atoms with Crippen LogP contribution in [0.3, 0.4) is 0 Å². The zero-order valence-corrected chi connectivity index (χ0v) is 80.1. The van der Waals surface area contributed by atoms with Gasteiger partial charge in [0.1, 0.15) is 11.6 Å².